The Bertz CT molecular complexity index is 315. The first-order valence-electron chi connectivity index (χ1n) is 5.16. The monoisotopic (exact) mass is 204 g/mol. The number of aryl methyl sites for hydroxylation is 1. The van der Waals surface area contributed by atoms with Crippen LogP contribution >= 0.6 is 0 Å². The third-order valence-corrected chi connectivity index (χ3v) is 2.00. The van der Waals surface area contributed by atoms with Gasteiger partial charge in [-0.1, -0.05) is 36.4 Å². The van der Waals surface area contributed by atoms with E-state index in [0.29, 0.717) is 6.61 Å². The number of esters is 1. The zero-order chi connectivity index (χ0) is 10.9. The van der Waals surface area contributed by atoms with Gasteiger partial charge >= 0.3 is 5.97 Å². The average molecular weight is 204 g/mol. The van der Waals surface area contributed by atoms with Crippen LogP contribution in [0, 0.1) is 0 Å². The number of carbonyl (C=O) groups excluding carboxylic acids is 1. The van der Waals surface area contributed by atoms with Crippen molar-refractivity contribution >= 4 is 5.97 Å². The fourth-order valence-corrected chi connectivity index (χ4v) is 1.28. The van der Waals surface area contributed by atoms with Crippen LogP contribution < -0.4 is 0 Å². The number of hydrogen-bond acceptors (Lipinski definition) is 2. The molecule has 0 saturated heterocycles. The van der Waals surface area contributed by atoms with Gasteiger partial charge < -0.3 is 4.74 Å². The highest BCUT2D eigenvalue weighted by molar-refractivity contribution is 5.81. The lowest BCUT2D eigenvalue weighted by atomic mass is 10.1. The third-order valence-electron chi connectivity index (χ3n) is 2.00. The van der Waals surface area contributed by atoms with E-state index in [2.05, 4.69) is 12.1 Å². The number of carbonyl (C=O) groups is 1. The fraction of sp³-hybridized carbons (Fsp3) is 0.308. The van der Waals surface area contributed by atoms with Gasteiger partial charge in [0.15, 0.2) is 0 Å². The van der Waals surface area contributed by atoms with Crippen LogP contribution in [0.25, 0.3) is 0 Å². The summed E-state index contributed by atoms with van der Waals surface area (Å²) in [5.41, 5.74) is 1.28. The van der Waals surface area contributed by atoms with E-state index in [-0.39, 0.29) is 5.97 Å². The summed E-state index contributed by atoms with van der Waals surface area (Å²) in [6, 6.07) is 10.2. The van der Waals surface area contributed by atoms with Crippen molar-refractivity contribution in [3.8, 4) is 0 Å². The predicted molar refractivity (Wildman–Crippen MR) is 60.5 cm³/mol. The summed E-state index contributed by atoms with van der Waals surface area (Å²) in [4.78, 5) is 10.9. The first-order chi connectivity index (χ1) is 7.33. The lowest BCUT2D eigenvalue weighted by molar-refractivity contribution is -0.137. The minimum Gasteiger partial charge on any atom is -0.463 e. The number of rotatable bonds is 5. The quantitative estimate of drug-likeness (QED) is 0.419. The second kappa shape index (κ2) is 6.82. The van der Waals surface area contributed by atoms with Crippen molar-refractivity contribution in [2.45, 2.75) is 19.8 Å². The molecule has 1 aromatic carbocycles. The Morgan fingerprint density at radius 3 is 2.73 bits per heavy atom. The molecule has 0 fully saturated rings. The molecule has 0 aliphatic heterocycles. The minimum absolute atomic E-state index is 0.259. The minimum atomic E-state index is -0.259. The first-order valence-corrected chi connectivity index (χ1v) is 5.16. The standard InChI is InChI=1S/C13H16O2/c1-2-7-13(14)15-11-6-10-12-8-4-3-5-9-12/h2-5,7-9H,6,10-11H2,1H3/b7-2-. The lowest BCUT2D eigenvalue weighted by Crippen LogP contribution is -2.03. The maximum atomic E-state index is 10.9. The van der Waals surface area contributed by atoms with Gasteiger partial charge in [-0.15, -0.1) is 0 Å². The maximum Gasteiger partial charge on any atom is 0.330 e. The van der Waals surface area contributed by atoms with Crippen LogP contribution in [0.4, 0.5) is 0 Å². The topological polar surface area (TPSA) is 26.3 Å². The smallest absolute Gasteiger partial charge is 0.330 e. The summed E-state index contributed by atoms with van der Waals surface area (Å²) in [5, 5.41) is 0. The molecule has 15 heavy (non-hydrogen) atoms. The van der Waals surface area contributed by atoms with Crippen molar-refractivity contribution in [2.75, 3.05) is 6.61 Å². The Morgan fingerprint density at radius 2 is 2.07 bits per heavy atom. The van der Waals surface area contributed by atoms with E-state index in [1.807, 2.05) is 18.2 Å². The molecule has 2 heteroatoms. The molecule has 0 unspecified atom stereocenters. The van der Waals surface area contributed by atoms with E-state index in [1.165, 1.54) is 11.6 Å². The molecule has 1 rings (SSSR count). The van der Waals surface area contributed by atoms with E-state index in [0.717, 1.165) is 12.8 Å². The molecule has 0 bridgehead atoms. The van der Waals surface area contributed by atoms with Crippen LogP contribution in [0.2, 0.25) is 0 Å². The highest BCUT2D eigenvalue weighted by Crippen LogP contribution is 2.02. The largest absolute Gasteiger partial charge is 0.463 e. The summed E-state index contributed by atoms with van der Waals surface area (Å²) >= 11 is 0. The molecule has 0 aromatic heterocycles. The Labute approximate surface area is 90.6 Å². The molecule has 0 spiro atoms. The third kappa shape index (κ3) is 5.01. The van der Waals surface area contributed by atoms with Crippen molar-refractivity contribution < 1.29 is 9.53 Å². The Hall–Kier alpha value is -1.57. The SMILES string of the molecule is C/C=C\C(=O)OCCCc1ccccc1. The predicted octanol–water partition coefficient (Wildman–Crippen LogP) is 2.74. The van der Waals surface area contributed by atoms with Crippen LogP contribution in [0.3, 0.4) is 0 Å². The number of benzene rings is 1. The van der Waals surface area contributed by atoms with Crippen LogP contribution in [0.15, 0.2) is 42.5 Å². The Kier molecular flexibility index (Phi) is 5.23. The van der Waals surface area contributed by atoms with Crippen molar-refractivity contribution in [3.05, 3.63) is 48.0 Å². The van der Waals surface area contributed by atoms with Gasteiger partial charge in [-0.2, -0.15) is 0 Å². The van der Waals surface area contributed by atoms with Crippen LogP contribution in [0.1, 0.15) is 18.9 Å². The molecular formula is C13H16O2. The van der Waals surface area contributed by atoms with E-state index < -0.39 is 0 Å². The zero-order valence-corrected chi connectivity index (χ0v) is 8.98. The van der Waals surface area contributed by atoms with Crippen molar-refractivity contribution in [1.82, 2.24) is 0 Å². The van der Waals surface area contributed by atoms with Crippen LogP contribution in [-0.2, 0) is 16.0 Å². The molecule has 1 aromatic rings. The molecular weight excluding hydrogens is 188 g/mol. The van der Waals surface area contributed by atoms with Crippen molar-refractivity contribution in [3.63, 3.8) is 0 Å². The summed E-state index contributed by atoms with van der Waals surface area (Å²) in [6.07, 6.45) is 4.93. The highest BCUT2D eigenvalue weighted by Gasteiger charge is 1.96. The molecule has 0 N–H and O–H groups in total. The summed E-state index contributed by atoms with van der Waals surface area (Å²) in [5.74, 6) is -0.259. The lowest BCUT2D eigenvalue weighted by Gasteiger charge is -2.02. The van der Waals surface area contributed by atoms with E-state index >= 15 is 0 Å². The molecule has 0 amide bonds. The summed E-state index contributed by atoms with van der Waals surface area (Å²) in [6.45, 7) is 2.28. The average Bonchev–Trinajstić information content (AvgIpc) is 2.26. The Morgan fingerprint density at radius 1 is 1.33 bits per heavy atom. The van der Waals surface area contributed by atoms with Gasteiger partial charge in [0.1, 0.15) is 0 Å². The first kappa shape index (κ1) is 11.5. The van der Waals surface area contributed by atoms with Gasteiger partial charge in [0, 0.05) is 6.08 Å². The van der Waals surface area contributed by atoms with Crippen molar-refractivity contribution in [2.24, 2.45) is 0 Å². The summed E-state index contributed by atoms with van der Waals surface area (Å²) < 4.78 is 4.98. The van der Waals surface area contributed by atoms with Gasteiger partial charge in [0.25, 0.3) is 0 Å². The van der Waals surface area contributed by atoms with Crippen molar-refractivity contribution in [1.29, 1.82) is 0 Å². The second-order valence-corrected chi connectivity index (χ2v) is 3.26. The molecule has 80 valence electrons. The number of allylic oxidation sites excluding steroid dienone is 1. The fourth-order valence-electron chi connectivity index (χ4n) is 1.28. The van der Waals surface area contributed by atoms with Gasteiger partial charge in [-0.3, -0.25) is 0 Å². The van der Waals surface area contributed by atoms with E-state index in [4.69, 9.17) is 4.74 Å². The van der Waals surface area contributed by atoms with E-state index in [1.54, 1.807) is 13.0 Å². The highest BCUT2D eigenvalue weighted by atomic mass is 16.5. The molecule has 0 aliphatic rings. The van der Waals surface area contributed by atoms with Crippen LogP contribution in [0.5, 0.6) is 0 Å². The zero-order valence-electron chi connectivity index (χ0n) is 8.98. The second-order valence-electron chi connectivity index (χ2n) is 3.26. The van der Waals surface area contributed by atoms with Gasteiger partial charge in [0.05, 0.1) is 6.61 Å². The number of ether oxygens (including phenoxy) is 1. The van der Waals surface area contributed by atoms with Crippen LogP contribution in [-0.4, -0.2) is 12.6 Å². The van der Waals surface area contributed by atoms with Gasteiger partial charge in [-0.25, -0.2) is 4.79 Å². The number of hydrogen-bond donors (Lipinski definition) is 0. The van der Waals surface area contributed by atoms with Gasteiger partial charge in [-0.05, 0) is 25.3 Å². The normalized spacial score (nSPS) is 10.5. The molecule has 0 saturated carbocycles. The molecule has 0 heterocycles. The Balaban J connectivity index is 2.15. The molecule has 0 radical (unpaired) electrons. The molecule has 0 atom stereocenters. The maximum absolute atomic E-state index is 10.9. The van der Waals surface area contributed by atoms with Gasteiger partial charge in [0.2, 0.25) is 0 Å². The summed E-state index contributed by atoms with van der Waals surface area (Å²) in [7, 11) is 0. The van der Waals surface area contributed by atoms with E-state index in [9.17, 15) is 4.79 Å². The molecule has 2 nitrogen and oxygen atoms in total. The molecule has 0 aliphatic carbocycles.